The molecule has 1 fully saturated rings. The van der Waals surface area contributed by atoms with Crippen molar-refractivity contribution in [2.24, 2.45) is 0 Å². The number of carbonyl (C=O) groups excluding carboxylic acids is 3. The minimum Gasteiger partial charge on any atom is -0.359 e. The Morgan fingerprint density at radius 2 is 1.56 bits per heavy atom. The number of hydrogen-bond donors (Lipinski definition) is 1. The van der Waals surface area contributed by atoms with E-state index in [1.54, 1.807) is 44.3 Å². The summed E-state index contributed by atoms with van der Waals surface area (Å²) in [6, 6.07) is 11.2. The number of nitrogens with one attached hydrogen (secondary N) is 1. The molecule has 1 heterocycles. The zero-order valence-corrected chi connectivity index (χ0v) is 31.8. The first-order chi connectivity index (χ1) is 23.5. The second-order valence-electron chi connectivity index (χ2n) is 10.3. The van der Waals surface area contributed by atoms with Crippen LogP contribution in [0.4, 0.5) is 28.9 Å². The van der Waals surface area contributed by atoms with Crippen molar-refractivity contribution in [1.82, 2.24) is 5.32 Å². The largest absolute Gasteiger partial charge is 0.417 e. The van der Waals surface area contributed by atoms with Gasteiger partial charge < -0.3 is 15.0 Å². The van der Waals surface area contributed by atoms with Gasteiger partial charge in [-0.25, -0.2) is 4.39 Å². The minimum absolute atomic E-state index is 0.0619. The van der Waals surface area contributed by atoms with Crippen molar-refractivity contribution in [2.75, 3.05) is 16.8 Å². The molecule has 8 nitrogen and oxygen atoms in total. The molecule has 0 saturated carbocycles. The smallest absolute Gasteiger partial charge is 0.359 e. The number of alkyl halides is 3. The highest BCUT2D eigenvalue weighted by Gasteiger charge is 2.51. The zero-order chi connectivity index (χ0) is 39.8. The summed E-state index contributed by atoms with van der Waals surface area (Å²) < 4.78 is 55.2. The summed E-state index contributed by atoms with van der Waals surface area (Å²) in [6.07, 6.45) is -0.247. The summed E-state index contributed by atoms with van der Waals surface area (Å²) in [5.41, 5.74) is -2.03. The van der Waals surface area contributed by atoms with Crippen LogP contribution < -0.4 is 15.1 Å². The molecule has 1 aliphatic heterocycles. The van der Waals surface area contributed by atoms with Gasteiger partial charge in [-0.1, -0.05) is 66.2 Å². The van der Waals surface area contributed by atoms with Gasteiger partial charge in [-0.2, -0.15) is 23.7 Å². The lowest BCUT2D eigenvalue weighted by Gasteiger charge is -2.29. The lowest BCUT2D eigenvalue weighted by Crippen LogP contribution is -2.44. The van der Waals surface area contributed by atoms with Gasteiger partial charge in [0.25, 0.3) is 5.91 Å². The molecule has 1 N–H and O–H groups in total. The van der Waals surface area contributed by atoms with Crippen LogP contribution in [-0.4, -0.2) is 36.3 Å². The van der Waals surface area contributed by atoms with Crippen molar-refractivity contribution in [3.8, 4) is 12.1 Å². The van der Waals surface area contributed by atoms with E-state index in [4.69, 9.17) is 27.5 Å². The maximum atomic E-state index is 14.8. The second kappa shape index (κ2) is 25.4. The Morgan fingerprint density at radius 3 is 1.94 bits per heavy atom. The number of nitrogens with zero attached hydrogens (tertiary/aromatic N) is 4. The van der Waals surface area contributed by atoms with E-state index in [0.717, 1.165) is 16.0 Å². The lowest BCUT2D eigenvalue weighted by molar-refractivity contribution is -0.137. The molecule has 0 unspecified atom stereocenters. The van der Waals surface area contributed by atoms with Crippen LogP contribution >= 0.6 is 12.2 Å². The van der Waals surface area contributed by atoms with E-state index in [-0.39, 0.29) is 11.0 Å². The maximum Gasteiger partial charge on any atom is 0.417 e. The van der Waals surface area contributed by atoms with Crippen molar-refractivity contribution in [2.45, 2.75) is 107 Å². The molecule has 50 heavy (non-hydrogen) atoms. The number of aryl methyl sites for hydroxylation is 1. The van der Waals surface area contributed by atoms with Gasteiger partial charge in [-0.05, 0) is 82.6 Å². The first-order valence-corrected chi connectivity index (χ1v) is 16.6. The third-order valence-electron chi connectivity index (χ3n) is 6.37. The molecule has 0 spiro atoms. The number of carbonyl (C=O) groups is 3. The van der Waals surface area contributed by atoms with Crippen molar-refractivity contribution in [3.63, 3.8) is 0 Å². The third-order valence-corrected chi connectivity index (χ3v) is 6.74. The highest BCUT2D eigenvalue weighted by Crippen LogP contribution is 2.40. The van der Waals surface area contributed by atoms with Crippen molar-refractivity contribution in [3.05, 3.63) is 70.6 Å². The number of amides is 2. The number of hydrogen-bond acceptors (Lipinski definition) is 6. The van der Waals surface area contributed by atoms with Crippen molar-refractivity contribution in [1.29, 1.82) is 10.5 Å². The summed E-state index contributed by atoms with van der Waals surface area (Å²) in [4.78, 5) is 34.8. The quantitative estimate of drug-likeness (QED) is 0.179. The number of halogens is 4. The summed E-state index contributed by atoms with van der Waals surface area (Å²) in [5.74, 6) is -1.95. The van der Waals surface area contributed by atoms with E-state index in [2.05, 4.69) is 19.2 Å². The number of nitriles is 2. The van der Waals surface area contributed by atoms with Crippen molar-refractivity contribution < 1.29 is 31.9 Å². The SMILES string of the molecule is C/C=C(\C)C#N.C=O.CC.CC.CCC.CNC(=O)CCCc1ccc(N2C(=S)N(c3cc(C(F)(F)F)c(C#N)cc3F)C(=O)C2(C)C)cc1. The monoisotopic (exact) mass is 721 g/mol. The summed E-state index contributed by atoms with van der Waals surface area (Å²) in [6.45, 7) is 20.9. The summed E-state index contributed by atoms with van der Waals surface area (Å²) >= 11 is 5.43. The molecule has 0 atom stereocenters. The Labute approximate surface area is 300 Å². The number of allylic oxidation sites excluding steroid dienone is 2. The van der Waals surface area contributed by atoms with Gasteiger partial charge in [-0.15, -0.1) is 0 Å². The minimum atomic E-state index is -4.93. The van der Waals surface area contributed by atoms with Gasteiger partial charge in [0.1, 0.15) is 18.1 Å². The fourth-order valence-electron chi connectivity index (χ4n) is 3.96. The Balaban J connectivity index is -0.00000126. The highest BCUT2D eigenvalue weighted by molar-refractivity contribution is 7.81. The van der Waals surface area contributed by atoms with Crippen LogP contribution in [0.1, 0.15) is 105 Å². The van der Waals surface area contributed by atoms with E-state index in [1.165, 1.54) is 31.2 Å². The van der Waals surface area contributed by atoms with Crippen LogP contribution in [0.5, 0.6) is 0 Å². The Hall–Kier alpha value is -4.62. The molecule has 0 aliphatic carbocycles. The fourth-order valence-corrected chi connectivity index (χ4v) is 4.47. The summed E-state index contributed by atoms with van der Waals surface area (Å²) in [5, 5.41) is 19.4. The van der Waals surface area contributed by atoms with Gasteiger partial charge in [0, 0.05) is 24.7 Å². The van der Waals surface area contributed by atoms with E-state index in [9.17, 15) is 27.2 Å². The number of anilines is 2. The zero-order valence-electron chi connectivity index (χ0n) is 31.0. The number of rotatable bonds is 6. The van der Waals surface area contributed by atoms with Crippen molar-refractivity contribution >= 4 is 47.3 Å². The average molecular weight is 722 g/mol. The van der Waals surface area contributed by atoms with Gasteiger partial charge in [0.15, 0.2) is 5.11 Å². The van der Waals surface area contributed by atoms with Gasteiger partial charge in [0.05, 0.1) is 29.0 Å². The molecule has 0 bridgehead atoms. The molecule has 3 rings (SSSR count). The molecule has 2 amide bonds. The van der Waals surface area contributed by atoms with Crippen LogP contribution in [-0.2, 0) is 27.0 Å². The van der Waals surface area contributed by atoms with Gasteiger partial charge in [-0.3, -0.25) is 14.5 Å². The van der Waals surface area contributed by atoms with E-state index < -0.39 is 40.3 Å². The fraction of sp³-hybridized carbons (Fsp3) is 0.459. The predicted octanol–water partition coefficient (Wildman–Crippen LogP) is 9.46. The van der Waals surface area contributed by atoms with E-state index in [0.29, 0.717) is 37.1 Å². The predicted molar refractivity (Wildman–Crippen MR) is 197 cm³/mol. The first kappa shape index (κ1) is 49.8. The van der Waals surface area contributed by atoms with Crippen LogP contribution in [0.15, 0.2) is 48.0 Å². The third kappa shape index (κ3) is 14.5. The molecular formula is C37H51F4N5O3S. The Morgan fingerprint density at radius 1 is 1.06 bits per heavy atom. The molecular weight excluding hydrogens is 670 g/mol. The van der Waals surface area contributed by atoms with Crippen LogP contribution in [0.3, 0.4) is 0 Å². The topological polar surface area (TPSA) is 117 Å². The van der Waals surface area contributed by atoms with E-state index >= 15 is 0 Å². The van der Waals surface area contributed by atoms with Crippen LogP contribution in [0.2, 0.25) is 0 Å². The normalized spacial score (nSPS) is 12.7. The van der Waals surface area contributed by atoms with Crippen LogP contribution in [0, 0.1) is 28.5 Å². The Bertz CT molecular complexity index is 1480. The molecule has 13 heteroatoms. The molecule has 1 saturated heterocycles. The molecule has 0 aromatic heterocycles. The Kier molecular flexibility index (Phi) is 25.2. The summed E-state index contributed by atoms with van der Waals surface area (Å²) in [7, 11) is 1.57. The van der Waals surface area contributed by atoms with Crippen LogP contribution in [0.25, 0.3) is 0 Å². The van der Waals surface area contributed by atoms with Gasteiger partial charge >= 0.3 is 6.18 Å². The first-order valence-electron chi connectivity index (χ1n) is 16.2. The molecule has 2 aromatic carbocycles. The molecule has 276 valence electrons. The average Bonchev–Trinajstić information content (AvgIpc) is 3.29. The molecule has 1 aliphatic rings. The number of benzene rings is 2. The van der Waals surface area contributed by atoms with E-state index in [1.807, 2.05) is 47.5 Å². The lowest BCUT2D eigenvalue weighted by atomic mass is 10.0. The van der Waals surface area contributed by atoms with Gasteiger partial charge in [0.2, 0.25) is 5.91 Å². The second-order valence-corrected chi connectivity index (χ2v) is 10.6. The number of thiocarbonyl (C=S) groups is 1. The highest BCUT2D eigenvalue weighted by atomic mass is 32.1. The maximum absolute atomic E-state index is 14.8. The molecule has 2 aromatic rings. The standard InChI is InChI=1S/C24H22F4N4O2S.C5H7N.C3H8.2C2H6.CH2O/c1-23(2)21(34)31(19-12-17(24(26,27)28)15(13-29)11-18(19)25)22(35)32(23)16-9-7-14(8-10-16)5-4-6-20(33)30-3;1-3-5(2)4-6;1-3-2;3*1-2/h7-12H,4-6H2,1-3H3,(H,30,33);3H,1-2H3;3H2,1-2H3;2*1-2H3;1H2/b;5-3+;;;;. The molecule has 0 radical (unpaired) electrons.